The third kappa shape index (κ3) is 1.71. The molecule has 92 valence electrons. The monoisotopic (exact) mass is 259 g/mol. The zero-order chi connectivity index (χ0) is 12.5. The van der Waals surface area contributed by atoms with E-state index < -0.39 is 0 Å². The van der Waals surface area contributed by atoms with Crippen LogP contribution in [0, 0.1) is 6.92 Å². The third-order valence-corrected chi connectivity index (χ3v) is 3.90. The lowest BCUT2D eigenvalue weighted by Crippen LogP contribution is -2.28. The summed E-state index contributed by atoms with van der Waals surface area (Å²) in [5.74, 6) is 5.71. The van der Waals surface area contributed by atoms with Crippen molar-refractivity contribution in [2.24, 2.45) is 5.84 Å². The van der Waals surface area contributed by atoms with Crippen LogP contribution in [-0.2, 0) is 0 Å². The summed E-state index contributed by atoms with van der Waals surface area (Å²) >= 11 is 1.71. The van der Waals surface area contributed by atoms with Crippen molar-refractivity contribution in [3.8, 4) is 0 Å². The summed E-state index contributed by atoms with van der Waals surface area (Å²) in [6.07, 6.45) is 7.17. The maximum Gasteiger partial charge on any atom is 0.0896 e. The molecule has 1 unspecified atom stereocenters. The molecule has 3 rings (SSSR count). The average Bonchev–Trinajstić information content (AvgIpc) is 2.99. The van der Waals surface area contributed by atoms with E-state index in [1.807, 2.05) is 12.4 Å². The van der Waals surface area contributed by atoms with Gasteiger partial charge < -0.3 is 0 Å². The van der Waals surface area contributed by atoms with Gasteiger partial charge in [0.05, 0.1) is 24.0 Å². The van der Waals surface area contributed by atoms with Crippen LogP contribution >= 0.6 is 11.3 Å². The minimum atomic E-state index is -0.0575. The smallest absolute Gasteiger partial charge is 0.0896 e. The molecule has 0 aliphatic heterocycles. The standard InChI is InChI=1S/C12H13N5S/c1-8-9(2-5-18-8)12(16-13)10-6-15-17-4-3-14-7-11(10)17/h2-7,12,16H,13H2,1H3. The van der Waals surface area contributed by atoms with Crippen LogP contribution in [0.1, 0.15) is 22.0 Å². The van der Waals surface area contributed by atoms with Gasteiger partial charge >= 0.3 is 0 Å². The Morgan fingerprint density at radius 2 is 2.28 bits per heavy atom. The number of aryl methyl sites for hydroxylation is 1. The Morgan fingerprint density at radius 1 is 1.39 bits per heavy atom. The van der Waals surface area contributed by atoms with Crippen molar-refractivity contribution in [2.45, 2.75) is 13.0 Å². The van der Waals surface area contributed by atoms with Crippen LogP contribution in [0.3, 0.4) is 0 Å². The molecule has 6 heteroatoms. The number of aromatic nitrogens is 3. The normalized spacial score (nSPS) is 13.0. The lowest BCUT2D eigenvalue weighted by molar-refractivity contribution is 0.640. The predicted molar refractivity (Wildman–Crippen MR) is 71.2 cm³/mol. The lowest BCUT2D eigenvalue weighted by atomic mass is 10.0. The van der Waals surface area contributed by atoms with Crippen LogP contribution in [0.5, 0.6) is 0 Å². The first-order valence-corrected chi connectivity index (χ1v) is 6.46. The number of nitrogens with one attached hydrogen (secondary N) is 1. The molecule has 0 radical (unpaired) electrons. The highest BCUT2D eigenvalue weighted by Gasteiger charge is 2.19. The molecule has 0 bridgehead atoms. The Hall–Kier alpha value is -1.76. The first-order chi connectivity index (χ1) is 8.81. The minimum absolute atomic E-state index is 0.0575. The zero-order valence-corrected chi connectivity index (χ0v) is 10.7. The van der Waals surface area contributed by atoms with Crippen LogP contribution in [0.4, 0.5) is 0 Å². The SMILES string of the molecule is Cc1sccc1C(NN)c1cnn2ccncc12. The molecule has 0 aromatic carbocycles. The second kappa shape index (κ2) is 4.49. The summed E-state index contributed by atoms with van der Waals surface area (Å²) < 4.78 is 1.80. The fourth-order valence-corrected chi connectivity index (χ4v) is 2.86. The predicted octanol–water partition coefficient (Wildman–Crippen LogP) is 1.65. The van der Waals surface area contributed by atoms with Crippen LogP contribution in [0.2, 0.25) is 0 Å². The molecule has 0 fully saturated rings. The largest absolute Gasteiger partial charge is 0.271 e. The molecule has 3 heterocycles. The molecule has 0 saturated carbocycles. The Balaban J connectivity index is 2.15. The number of hydrazine groups is 1. The van der Waals surface area contributed by atoms with Crippen molar-refractivity contribution in [1.29, 1.82) is 0 Å². The van der Waals surface area contributed by atoms with Crippen molar-refractivity contribution in [1.82, 2.24) is 20.0 Å². The summed E-state index contributed by atoms with van der Waals surface area (Å²) in [4.78, 5) is 5.39. The summed E-state index contributed by atoms with van der Waals surface area (Å²) in [7, 11) is 0. The molecule has 3 aromatic heterocycles. The Labute approximate surface area is 108 Å². The molecular weight excluding hydrogens is 246 g/mol. The maximum atomic E-state index is 5.71. The van der Waals surface area contributed by atoms with E-state index in [0.717, 1.165) is 11.1 Å². The summed E-state index contributed by atoms with van der Waals surface area (Å²) in [5, 5.41) is 6.38. The van der Waals surface area contributed by atoms with Gasteiger partial charge in [-0.25, -0.2) is 9.94 Å². The molecule has 18 heavy (non-hydrogen) atoms. The van der Waals surface area contributed by atoms with Crippen LogP contribution in [-0.4, -0.2) is 14.6 Å². The van der Waals surface area contributed by atoms with Crippen LogP contribution in [0.15, 0.2) is 36.2 Å². The van der Waals surface area contributed by atoms with Gasteiger partial charge in [-0.05, 0) is 23.9 Å². The fourth-order valence-electron chi connectivity index (χ4n) is 2.12. The molecule has 3 N–H and O–H groups in total. The Bertz CT molecular complexity index is 672. The maximum absolute atomic E-state index is 5.71. The Kier molecular flexibility index (Phi) is 2.83. The second-order valence-corrected chi connectivity index (χ2v) is 5.16. The fraction of sp³-hybridized carbons (Fsp3) is 0.167. The summed E-state index contributed by atoms with van der Waals surface area (Å²) in [5.41, 5.74) is 6.05. The molecule has 0 aliphatic rings. The molecule has 0 aliphatic carbocycles. The molecule has 1 atom stereocenters. The van der Waals surface area contributed by atoms with Gasteiger partial charge in [-0.15, -0.1) is 11.3 Å². The second-order valence-electron chi connectivity index (χ2n) is 4.04. The van der Waals surface area contributed by atoms with E-state index in [-0.39, 0.29) is 6.04 Å². The number of hydrogen-bond donors (Lipinski definition) is 2. The highest BCUT2D eigenvalue weighted by Crippen LogP contribution is 2.29. The number of nitrogens with two attached hydrogens (primary N) is 1. The van der Waals surface area contributed by atoms with E-state index in [1.54, 1.807) is 28.2 Å². The number of hydrogen-bond acceptors (Lipinski definition) is 5. The van der Waals surface area contributed by atoms with Crippen LogP contribution < -0.4 is 11.3 Å². The van der Waals surface area contributed by atoms with Crippen molar-refractivity contribution >= 4 is 16.9 Å². The van der Waals surface area contributed by atoms with Gasteiger partial charge in [-0.3, -0.25) is 10.8 Å². The molecule has 0 spiro atoms. The number of nitrogens with zero attached hydrogens (tertiary/aromatic N) is 3. The van der Waals surface area contributed by atoms with Crippen molar-refractivity contribution in [3.05, 3.63) is 52.2 Å². The third-order valence-electron chi connectivity index (χ3n) is 3.04. The van der Waals surface area contributed by atoms with Crippen LogP contribution in [0.25, 0.3) is 5.52 Å². The number of thiophene rings is 1. The zero-order valence-electron chi connectivity index (χ0n) is 9.87. The van der Waals surface area contributed by atoms with Crippen molar-refractivity contribution < 1.29 is 0 Å². The van der Waals surface area contributed by atoms with Gasteiger partial charge in [0, 0.05) is 22.8 Å². The number of fused-ring (bicyclic) bond motifs is 1. The van der Waals surface area contributed by atoms with Gasteiger partial charge in [-0.1, -0.05) is 0 Å². The van der Waals surface area contributed by atoms with E-state index in [9.17, 15) is 0 Å². The van der Waals surface area contributed by atoms with Crippen molar-refractivity contribution in [3.63, 3.8) is 0 Å². The van der Waals surface area contributed by atoms with E-state index in [2.05, 4.69) is 33.9 Å². The highest BCUT2D eigenvalue weighted by atomic mass is 32.1. The van der Waals surface area contributed by atoms with E-state index >= 15 is 0 Å². The first-order valence-electron chi connectivity index (χ1n) is 5.58. The summed E-state index contributed by atoms with van der Waals surface area (Å²) in [6, 6.07) is 2.03. The molecule has 0 amide bonds. The molecule has 0 saturated heterocycles. The highest BCUT2D eigenvalue weighted by molar-refractivity contribution is 7.10. The van der Waals surface area contributed by atoms with Gasteiger partial charge in [0.25, 0.3) is 0 Å². The molecule has 3 aromatic rings. The average molecular weight is 259 g/mol. The first kappa shape index (κ1) is 11.3. The molecular formula is C12H13N5S. The van der Waals surface area contributed by atoms with Gasteiger partial charge in [-0.2, -0.15) is 5.10 Å². The van der Waals surface area contributed by atoms with Gasteiger partial charge in [0.15, 0.2) is 0 Å². The van der Waals surface area contributed by atoms with Gasteiger partial charge in [0.1, 0.15) is 0 Å². The topological polar surface area (TPSA) is 68.2 Å². The molecule has 5 nitrogen and oxygen atoms in total. The number of rotatable bonds is 3. The Morgan fingerprint density at radius 3 is 3.00 bits per heavy atom. The van der Waals surface area contributed by atoms with Gasteiger partial charge in [0.2, 0.25) is 0 Å². The van der Waals surface area contributed by atoms with E-state index in [1.165, 1.54) is 10.4 Å². The lowest BCUT2D eigenvalue weighted by Gasteiger charge is -2.14. The summed E-state index contributed by atoms with van der Waals surface area (Å²) in [6.45, 7) is 2.09. The van der Waals surface area contributed by atoms with E-state index in [0.29, 0.717) is 0 Å². The quantitative estimate of drug-likeness (QED) is 0.554. The van der Waals surface area contributed by atoms with E-state index in [4.69, 9.17) is 5.84 Å². The van der Waals surface area contributed by atoms with Crippen molar-refractivity contribution in [2.75, 3.05) is 0 Å². The minimum Gasteiger partial charge on any atom is -0.271 e.